The number of hydrogen-bond donors (Lipinski definition) is 0. The van der Waals surface area contributed by atoms with Gasteiger partial charge in [0, 0.05) is 5.56 Å². The van der Waals surface area contributed by atoms with Crippen LogP contribution in [0.25, 0.3) is 12.2 Å². The Morgan fingerprint density at radius 1 is 0.833 bits per heavy atom. The minimum Gasteiger partial charge on any atom is -0.206 e. The molecule has 0 N–H and O–H groups in total. The molecule has 0 nitrogen and oxygen atoms in total. The Morgan fingerprint density at radius 3 is 2.13 bits per heavy atom. The molecule has 0 spiro atoms. The van der Waals surface area contributed by atoms with Crippen LogP contribution in [0.5, 0.6) is 0 Å². The lowest BCUT2D eigenvalue weighted by Crippen LogP contribution is -2.01. The molecule has 1 atom stereocenters. The topological polar surface area (TPSA) is 0 Å². The lowest BCUT2D eigenvalue weighted by atomic mass is 9.93. The highest BCUT2D eigenvalue weighted by Gasteiger charge is 2.12. The Morgan fingerprint density at radius 2 is 1.50 bits per heavy atom. The summed E-state index contributed by atoms with van der Waals surface area (Å²) in [7, 11) is 0. The van der Waals surface area contributed by atoms with E-state index in [2.05, 4.69) is 25.1 Å². The first-order valence-electron chi connectivity index (χ1n) is 10.5. The zero-order valence-electron chi connectivity index (χ0n) is 17.6. The van der Waals surface area contributed by atoms with E-state index in [-0.39, 0.29) is 11.5 Å². The first-order valence-corrected chi connectivity index (χ1v) is 10.5. The molecular formula is C28H28F2. The highest BCUT2D eigenvalue weighted by molar-refractivity contribution is 5.70. The van der Waals surface area contributed by atoms with Crippen molar-refractivity contribution in [1.29, 1.82) is 0 Å². The van der Waals surface area contributed by atoms with Gasteiger partial charge in [-0.25, -0.2) is 8.78 Å². The minimum atomic E-state index is -0.524. The molecule has 0 fully saturated rings. The van der Waals surface area contributed by atoms with Gasteiger partial charge in [0.05, 0.1) is 0 Å². The van der Waals surface area contributed by atoms with Gasteiger partial charge < -0.3 is 0 Å². The van der Waals surface area contributed by atoms with Gasteiger partial charge in [-0.2, -0.15) is 0 Å². The quantitative estimate of drug-likeness (QED) is 0.264. The van der Waals surface area contributed by atoms with Gasteiger partial charge in [0.25, 0.3) is 0 Å². The van der Waals surface area contributed by atoms with E-state index in [0.717, 1.165) is 24.0 Å². The summed E-state index contributed by atoms with van der Waals surface area (Å²) in [6.45, 7) is 4.09. The van der Waals surface area contributed by atoms with Crippen LogP contribution < -0.4 is 0 Å². The predicted molar refractivity (Wildman–Crippen MR) is 123 cm³/mol. The summed E-state index contributed by atoms with van der Waals surface area (Å²) >= 11 is 0. The smallest absolute Gasteiger partial charge is 0.133 e. The van der Waals surface area contributed by atoms with Crippen LogP contribution in [0.2, 0.25) is 0 Å². The molecule has 0 radical (unpaired) electrons. The van der Waals surface area contributed by atoms with Crippen LogP contribution in [-0.4, -0.2) is 0 Å². The zero-order valence-corrected chi connectivity index (χ0v) is 17.6. The normalized spacial score (nSPS) is 12.7. The van der Waals surface area contributed by atoms with E-state index in [4.69, 9.17) is 0 Å². The van der Waals surface area contributed by atoms with Gasteiger partial charge in [0.2, 0.25) is 0 Å². The Balaban J connectivity index is 1.69. The second-order valence-corrected chi connectivity index (χ2v) is 7.67. The van der Waals surface area contributed by atoms with Crippen molar-refractivity contribution in [3.63, 3.8) is 0 Å². The Hall–Kier alpha value is -3.00. The van der Waals surface area contributed by atoms with Crippen molar-refractivity contribution in [3.8, 4) is 0 Å². The fraction of sp³-hybridized carbons (Fsp3) is 0.214. The first kappa shape index (κ1) is 21.7. The molecule has 2 heteroatoms. The molecule has 0 saturated carbocycles. The zero-order chi connectivity index (χ0) is 21.3. The van der Waals surface area contributed by atoms with Crippen LogP contribution in [0.4, 0.5) is 8.78 Å². The third kappa shape index (κ3) is 6.00. The molecule has 0 aliphatic heterocycles. The number of hydrogen-bond acceptors (Lipinski definition) is 0. The fourth-order valence-electron chi connectivity index (χ4n) is 3.56. The van der Waals surface area contributed by atoms with Crippen molar-refractivity contribution in [1.82, 2.24) is 0 Å². The number of halogens is 2. The second kappa shape index (κ2) is 10.7. The van der Waals surface area contributed by atoms with E-state index in [1.807, 2.05) is 55.5 Å². The minimum absolute atomic E-state index is 0.00303. The molecule has 0 bridgehead atoms. The van der Waals surface area contributed by atoms with Crippen molar-refractivity contribution in [2.75, 3.05) is 0 Å². The fourth-order valence-corrected chi connectivity index (χ4v) is 3.56. The average molecular weight is 403 g/mol. The largest absolute Gasteiger partial charge is 0.206 e. The number of rotatable bonds is 8. The number of aryl methyl sites for hydroxylation is 1. The van der Waals surface area contributed by atoms with E-state index in [1.54, 1.807) is 6.08 Å². The Labute approximate surface area is 178 Å². The summed E-state index contributed by atoms with van der Waals surface area (Å²) in [5, 5.41) is 0. The molecule has 0 saturated heterocycles. The lowest BCUT2D eigenvalue weighted by Gasteiger charge is -2.13. The van der Waals surface area contributed by atoms with Crippen LogP contribution in [0, 0.1) is 11.6 Å². The molecule has 3 aromatic carbocycles. The van der Waals surface area contributed by atoms with E-state index < -0.39 is 11.6 Å². The van der Waals surface area contributed by atoms with E-state index in [0.29, 0.717) is 12.0 Å². The van der Waals surface area contributed by atoms with Crippen LogP contribution in [0.3, 0.4) is 0 Å². The monoisotopic (exact) mass is 402 g/mol. The van der Waals surface area contributed by atoms with Crippen molar-refractivity contribution >= 4 is 12.2 Å². The lowest BCUT2D eigenvalue weighted by molar-refractivity contribution is 0.573. The summed E-state index contributed by atoms with van der Waals surface area (Å²) in [5.74, 6) is -0.855. The molecule has 0 aromatic heterocycles. The molecule has 3 rings (SSSR count). The van der Waals surface area contributed by atoms with Crippen molar-refractivity contribution in [3.05, 3.63) is 118 Å². The van der Waals surface area contributed by atoms with Crippen LogP contribution >= 0.6 is 0 Å². The van der Waals surface area contributed by atoms with Crippen molar-refractivity contribution < 1.29 is 8.78 Å². The van der Waals surface area contributed by atoms with E-state index in [1.165, 1.54) is 23.8 Å². The first-order chi connectivity index (χ1) is 14.6. The maximum Gasteiger partial charge on any atom is 0.133 e. The maximum absolute atomic E-state index is 14.6. The highest BCUT2D eigenvalue weighted by Crippen LogP contribution is 2.24. The van der Waals surface area contributed by atoms with Crippen molar-refractivity contribution in [2.45, 2.75) is 39.0 Å². The maximum atomic E-state index is 14.6. The molecule has 0 unspecified atom stereocenters. The van der Waals surface area contributed by atoms with Gasteiger partial charge in [0.1, 0.15) is 11.6 Å². The molecule has 0 aliphatic rings. The van der Waals surface area contributed by atoms with Gasteiger partial charge in [-0.1, -0.05) is 79.7 Å². The number of benzene rings is 3. The molecule has 0 aliphatic carbocycles. The SMILES string of the molecule is CC=CCCc1ccc(C=Cc2c(F)cc(C[C@@H](C)c3ccccc3)cc2F)cc1. The molecule has 0 heterocycles. The summed E-state index contributed by atoms with van der Waals surface area (Å²) in [6.07, 6.45) is 10.1. The van der Waals surface area contributed by atoms with Gasteiger partial charge in [0.15, 0.2) is 0 Å². The third-order valence-electron chi connectivity index (χ3n) is 5.31. The van der Waals surface area contributed by atoms with Crippen LogP contribution in [0.1, 0.15) is 54.0 Å². The van der Waals surface area contributed by atoms with E-state index in [9.17, 15) is 8.78 Å². The van der Waals surface area contributed by atoms with Gasteiger partial charge in [-0.3, -0.25) is 0 Å². The molecular weight excluding hydrogens is 374 g/mol. The molecule has 154 valence electrons. The predicted octanol–water partition coefficient (Wildman–Crippen LogP) is 7.99. The number of allylic oxidation sites excluding steroid dienone is 2. The summed E-state index contributed by atoms with van der Waals surface area (Å²) < 4.78 is 29.2. The second-order valence-electron chi connectivity index (χ2n) is 7.67. The van der Waals surface area contributed by atoms with E-state index >= 15 is 0 Å². The molecule has 3 aromatic rings. The van der Waals surface area contributed by atoms with Crippen molar-refractivity contribution in [2.24, 2.45) is 0 Å². The average Bonchev–Trinajstić information content (AvgIpc) is 2.75. The van der Waals surface area contributed by atoms with Crippen LogP contribution in [-0.2, 0) is 12.8 Å². The molecule has 30 heavy (non-hydrogen) atoms. The third-order valence-corrected chi connectivity index (χ3v) is 5.31. The summed E-state index contributed by atoms with van der Waals surface area (Å²) in [6, 6.07) is 21.0. The summed E-state index contributed by atoms with van der Waals surface area (Å²) in [5.41, 5.74) is 4.01. The van der Waals surface area contributed by atoms with Gasteiger partial charge in [-0.05, 0) is 72.6 Å². The standard InChI is InChI=1S/C28H28F2/c1-3-4-6-9-22-12-14-23(15-13-22)16-17-26-27(29)19-24(20-28(26)30)18-21(2)25-10-7-5-8-11-25/h3-5,7-8,10-17,19-21H,6,9,18H2,1-2H3/t21-/m1/s1. The van der Waals surface area contributed by atoms with Crippen LogP contribution in [0.15, 0.2) is 78.9 Å². The highest BCUT2D eigenvalue weighted by atomic mass is 19.1. The van der Waals surface area contributed by atoms with Gasteiger partial charge in [-0.15, -0.1) is 0 Å². The Kier molecular flexibility index (Phi) is 7.73. The summed E-state index contributed by atoms with van der Waals surface area (Å²) in [4.78, 5) is 0. The molecule has 0 amide bonds. The van der Waals surface area contributed by atoms with Gasteiger partial charge >= 0.3 is 0 Å². The Bertz CT molecular complexity index is 976.